The van der Waals surface area contributed by atoms with E-state index < -0.39 is 0 Å². The number of carbonyl (C=O) groups excluding carboxylic acids is 1. The Bertz CT molecular complexity index is 150. The lowest BCUT2D eigenvalue weighted by atomic mass is 10.2. The van der Waals surface area contributed by atoms with E-state index in [2.05, 4.69) is 0 Å². The summed E-state index contributed by atoms with van der Waals surface area (Å²) in [5, 5.41) is 0. The predicted molar refractivity (Wildman–Crippen MR) is 45.1 cm³/mol. The second-order valence-electron chi connectivity index (χ2n) is 3.22. The van der Waals surface area contributed by atoms with Crippen LogP contribution in [0.4, 0.5) is 0 Å². The molecule has 0 aliphatic carbocycles. The molecule has 3 heteroatoms. The van der Waals surface area contributed by atoms with E-state index in [1.165, 1.54) is 0 Å². The third kappa shape index (κ3) is 2.91. The van der Waals surface area contributed by atoms with Crippen molar-refractivity contribution < 1.29 is 14.3 Å². The van der Waals surface area contributed by atoms with E-state index in [1.807, 2.05) is 0 Å². The molecule has 0 bridgehead atoms. The van der Waals surface area contributed by atoms with E-state index >= 15 is 0 Å². The van der Waals surface area contributed by atoms with Gasteiger partial charge < -0.3 is 9.47 Å². The lowest BCUT2D eigenvalue weighted by molar-refractivity contribution is -0.129. The van der Waals surface area contributed by atoms with Gasteiger partial charge >= 0.3 is 0 Å². The van der Waals surface area contributed by atoms with Gasteiger partial charge in [-0.2, -0.15) is 0 Å². The number of Topliss-reactive ketones (excluding diaryl/α,β-unsaturated/α-hetero) is 1. The predicted octanol–water partition coefficient (Wildman–Crippen LogP) is 1.16. The van der Waals surface area contributed by atoms with Crippen molar-refractivity contribution in [2.45, 2.75) is 38.9 Å². The first-order valence-corrected chi connectivity index (χ1v) is 4.44. The van der Waals surface area contributed by atoms with Gasteiger partial charge in [-0.1, -0.05) is 0 Å². The maximum absolute atomic E-state index is 10.8. The molecule has 2 unspecified atom stereocenters. The van der Waals surface area contributed by atoms with E-state index in [9.17, 15) is 4.79 Å². The van der Waals surface area contributed by atoms with Crippen molar-refractivity contribution in [2.75, 3.05) is 13.2 Å². The number of ketones is 1. The molecular weight excluding hydrogens is 156 g/mol. The lowest BCUT2D eigenvalue weighted by Gasteiger charge is -2.13. The summed E-state index contributed by atoms with van der Waals surface area (Å²) in [6.45, 7) is 4.71. The second-order valence-corrected chi connectivity index (χ2v) is 3.22. The quantitative estimate of drug-likeness (QED) is 0.638. The normalized spacial score (nSPS) is 25.7. The molecule has 70 valence electrons. The SMILES string of the molecule is CC(=O)C(C)OCC1CCCO1. The van der Waals surface area contributed by atoms with E-state index in [1.54, 1.807) is 13.8 Å². The van der Waals surface area contributed by atoms with Crippen molar-refractivity contribution >= 4 is 5.78 Å². The summed E-state index contributed by atoms with van der Waals surface area (Å²) < 4.78 is 10.7. The van der Waals surface area contributed by atoms with Crippen LogP contribution in [0.5, 0.6) is 0 Å². The minimum atomic E-state index is -0.283. The van der Waals surface area contributed by atoms with Crippen LogP contribution in [0.3, 0.4) is 0 Å². The zero-order valence-electron chi connectivity index (χ0n) is 7.71. The molecule has 1 saturated heterocycles. The van der Waals surface area contributed by atoms with Gasteiger partial charge in [0, 0.05) is 6.61 Å². The highest BCUT2D eigenvalue weighted by Crippen LogP contribution is 2.12. The molecule has 0 amide bonds. The van der Waals surface area contributed by atoms with Crippen molar-refractivity contribution in [3.05, 3.63) is 0 Å². The smallest absolute Gasteiger partial charge is 0.158 e. The Morgan fingerprint density at radius 1 is 1.75 bits per heavy atom. The Labute approximate surface area is 73.0 Å². The van der Waals surface area contributed by atoms with Crippen LogP contribution < -0.4 is 0 Å². The summed E-state index contributed by atoms with van der Waals surface area (Å²) in [7, 11) is 0. The highest BCUT2D eigenvalue weighted by molar-refractivity contribution is 5.79. The fraction of sp³-hybridized carbons (Fsp3) is 0.889. The van der Waals surface area contributed by atoms with Gasteiger partial charge in [-0.25, -0.2) is 0 Å². The van der Waals surface area contributed by atoms with Crippen molar-refractivity contribution in [3.8, 4) is 0 Å². The molecule has 0 aromatic rings. The first kappa shape index (κ1) is 9.68. The molecule has 0 saturated carbocycles. The minimum absolute atomic E-state index is 0.0768. The highest BCUT2D eigenvalue weighted by Gasteiger charge is 2.17. The number of hydrogen-bond donors (Lipinski definition) is 0. The van der Waals surface area contributed by atoms with Crippen molar-refractivity contribution in [1.29, 1.82) is 0 Å². The Kier molecular flexibility index (Phi) is 3.69. The summed E-state index contributed by atoms with van der Waals surface area (Å²) in [6.07, 6.45) is 2.11. The standard InChI is InChI=1S/C9H16O3/c1-7(10)8(2)12-6-9-4-3-5-11-9/h8-9H,3-6H2,1-2H3. The van der Waals surface area contributed by atoms with Crippen LogP contribution >= 0.6 is 0 Å². The van der Waals surface area contributed by atoms with Crippen LogP contribution in [0.2, 0.25) is 0 Å². The Balaban J connectivity index is 2.11. The molecule has 1 heterocycles. The molecule has 12 heavy (non-hydrogen) atoms. The van der Waals surface area contributed by atoms with E-state index in [4.69, 9.17) is 9.47 Å². The largest absolute Gasteiger partial charge is 0.376 e. The Morgan fingerprint density at radius 2 is 2.50 bits per heavy atom. The average molecular weight is 172 g/mol. The van der Waals surface area contributed by atoms with Crippen LogP contribution in [-0.2, 0) is 14.3 Å². The molecular formula is C9H16O3. The number of carbonyl (C=O) groups is 1. The highest BCUT2D eigenvalue weighted by atomic mass is 16.5. The fourth-order valence-corrected chi connectivity index (χ4v) is 1.14. The van der Waals surface area contributed by atoms with Crippen LogP contribution in [0, 0.1) is 0 Å². The van der Waals surface area contributed by atoms with Gasteiger partial charge in [0.15, 0.2) is 5.78 Å². The first-order chi connectivity index (χ1) is 5.70. The van der Waals surface area contributed by atoms with Gasteiger partial charge in [-0.15, -0.1) is 0 Å². The summed E-state index contributed by atoms with van der Waals surface area (Å²) in [6, 6.07) is 0. The monoisotopic (exact) mass is 172 g/mol. The summed E-state index contributed by atoms with van der Waals surface area (Å²) >= 11 is 0. The van der Waals surface area contributed by atoms with Gasteiger partial charge in [0.2, 0.25) is 0 Å². The topological polar surface area (TPSA) is 35.5 Å². The minimum Gasteiger partial charge on any atom is -0.376 e. The molecule has 2 atom stereocenters. The van der Waals surface area contributed by atoms with Crippen molar-refractivity contribution in [1.82, 2.24) is 0 Å². The Hall–Kier alpha value is -0.410. The molecule has 0 aromatic carbocycles. The molecule has 0 radical (unpaired) electrons. The van der Waals surface area contributed by atoms with Crippen LogP contribution in [0.25, 0.3) is 0 Å². The van der Waals surface area contributed by atoms with Gasteiger partial charge in [0.25, 0.3) is 0 Å². The maximum atomic E-state index is 10.8. The zero-order chi connectivity index (χ0) is 8.97. The lowest BCUT2D eigenvalue weighted by Crippen LogP contribution is -2.23. The van der Waals surface area contributed by atoms with Crippen molar-refractivity contribution in [2.24, 2.45) is 0 Å². The van der Waals surface area contributed by atoms with Gasteiger partial charge in [-0.3, -0.25) is 4.79 Å². The van der Waals surface area contributed by atoms with Gasteiger partial charge in [0.05, 0.1) is 12.7 Å². The molecule has 1 fully saturated rings. The fourth-order valence-electron chi connectivity index (χ4n) is 1.14. The molecule has 1 rings (SSSR count). The number of ether oxygens (including phenoxy) is 2. The summed E-state index contributed by atoms with van der Waals surface area (Å²) in [4.78, 5) is 10.8. The first-order valence-electron chi connectivity index (χ1n) is 4.44. The number of rotatable bonds is 4. The Morgan fingerprint density at radius 3 is 3.00 bits per heavy atom. The second kappa shape index (κ2) is 4.58. The maximum Gasteiger partial charge on any atom is 0.158 e. The molecule has 0 N–H and O–H groups in total. The van der Waals surface area contributed by atoms with E-state index in [0.29, 0.717) is 6.61 Å². The zero-order valence-corrected chi connectivity index (χ0v) is 7.71. The van der Waals surface area contributed by atoms with Crippen molar-refractivity contribution in [3.63, 3.8) is 0 Å². The van der Waals surface area contributed by atoms with E-state index in [-0.39, 0.29) is 18.0 Å². The van der Waals surface area contributed by atoms with Crippen LogP contribution in [-0.4, -0.2) is 31.2 Å². The third-order valence-electron chi connectivity index (χ3n) is 2.13. The average Bonchev–Trinajstić information content (AvgIpc) is 2.51. The van der Waals surface area contributed by atoms with Crippen LogP contribution in [0.1, 0.15) is 26.7 Å². The molecule has 0 spiro atoms. The summed E-state index contributed by atoms with van der Waals surface area (Å²) in [5.74, 6) is 0.0768. The van der Waals surface area contributed by atoms with Gasteiger partial charge in [0.1, 0.15) is 6.10 Å². The molecule has 1 aliphatic heterocycles. The van der Waals surface area contributed by atoms with Crippen LogP contribution in [0.15, 0.2) is 0 Å². The molecule has 3 nitrogen and oxygen atoms in total. The molecule has 0 aromatic heterocycles. The van der Waals surface area contributed by atoms with Gasteiger partial charge in [-0.05, 0) is 26.7 Å². The summed E-state index contributed by atoms with van der Waals surface area (Å²) in [5.41, 5.74) is 0. The third-order valence-corrected chi connectivity index (χ3v) is 2.13. The van der Waals surface area contributed by atoms with E-state index in [0.717, 1.165) is 19.4 Å². The number of hydrogen-bond acceptors (Lipinski definition) is 3. The molecule has 1 aliphatic rings.